The molecule has 2 aliphatic heterocycles. The monoisotopic (exact) mass is 427 g/mol. The maximum atomic E-state index is 13.1. The van der Waals surface area contributed by atoms with Crippen molar-refractivity contribution in [2.75, 3.05) is 19.6 Å². The van der Waals surface area contributed by atoms with Gasteiger partial charge in [-0.3, -0.25) is 9.69 Å². The second-order valence-corrected chi connectivity index (χ2v) is 9.99. The van der Waals surface area contributed by atoms with Gasteiger partial charge < -0.3 is 5.32 Å². The number of hydrogen-bond acceptors (Lipinski definition) is 4. The largest absolute Gasteiger partial charge is 0.352 e. The van der Waals surface area contributed by atoms with Crippen LogP contribution >= 0.6 is 0 Å². The minimum atomic E-state index is -3.47. The van der Waals surface area contributed by atoms with E-state index >= 15 is 0 Å². The number of sulfonamides is 1. The first-order valence-electron chi connectivity index (χ1n) is 10.7. The van der Waals surface area contributed by atoms with Crippen LogP contribution < -0.4 is 5.32 Å². The predicted molar refractivity (Wildman–Crippen MR) is 116 cm³/mol. The Kier molecular flexibility index (Phi) is 6.22. The first kappa shape index (κ1) is 21.0. The highest BCUT2D eigenvalue weighted by atomic mass is 32.2. The van der Waals surface area contributed by atoms with E-state index in [1.165, 1.54) is 15.4 Å². The van der Waals surface area contributed by atoms with E-state index in [4.69, 9.17) is 0 Å². The molecule has 2 aliphatic rings. The summed E-state index contributed by atoms with van der Waals surface area (Å²) in [6.45, 7) is 4.54. The van der Waals surface area contributed by atoms with Crippen molar-refractivity contribution in [2.24, 2.45) is 0 Å². The number of rotatable bonds is 5. The summed E-state index contributed by atoms with van der Waals surface area (Å²) in [5.41, 5.74) is 2.54. The third-order valence-corrected chi connectivity index (χ3v) is 8.15. The molecule has 0 bridgehead atoms. The first-order valence-corrected chi connectivity index (χ1v) is 12.1. The number of hydrogen-bond donors (Lipinski definition) is 1. The smallest absolute Gasteiger partial charge is 0.243 e. The molecule has 1 atom stereocenters. The molecule has 6 nitrogen and oxygen atoms in total. The van der Waals surface area contributed by atoms with E-state index in [-0.39, 0.29) is 18.0 Å². The van der Waals surface area contributed by atoms with E-state index < -0.39 is 10.0 Å². The number of fused-ring (bicyclic) bond motifs is 1. The zero-order valence-electron chi connectivity index (χ0n) is 17.3. The summed E-state index contributed by atoms with van der Waals surface area (Å²) in [7, 11) is -3.47. The van der Waals surface area contributed by atoms with Gasteiger partial charge in [-0.25, -0.2) is 8.42 Å². The Balaban J connectivity index is 1.36. The molecule has 0 radical (unpaired) electrons. The van der Waals surface area contributed by atoms with Crippen LogP contribution in [0.5, 0.6) is 0 Å². The van der Waals surface area contributed by atoms with Crippen LogP contribution in [0.2, 0.25) is 0 Å². The van der Waals surface area contributed by atoms with Crippen LogP contribution in [0.4, 0.5) is 0 Å². The Morgan fingerprint density at radius 3 is 2.30 bits per heavy atom. The van der Waals surface area contributed by atoms with Gasteiger partial charge in [-0.05, 0) is 49.1 Å². The number of piperidine rings is 1. The number of amides is 1. The van der Waals surface area contributed by atoms with Crippen molar-refractivity contribution in [1.29, 1.82) is 0 Å². The Hall–Kier alpha value is -2.22. The molecule has 2 heterocycles. The maximum Gasteiger partial charge on any atom is 0.243 e. The number of benzene rings is 2. The molecule has 0 saturated carbocycles. The lowest BCUT2D eigenvalue weighted by molar-refractivity contribution is -0.128. The zero-order chi connectivity index (χ0) is 21.1. The topological polar surface area (TPSA) is 69.7 Å². The molecule has 1 N–H and O–H groups in total. The van der Waals surface area contributed by atoms with Crippen molar-refractivity contribution in [2.45, 2.75) is 49.7 Å². The van der Waals surface area contributed by atoms with Gasteiger partial charge >= 0.3 is 0 Å². The van der Waals surface area contributed by atoms with Gasteiger partial charge in [-0.2, -0.15) is 4.31 Å². The zero-order valence-corrected chi connectivity index (χ0v) is 18.1. The van der Waals surface area contributed by atoms with Gasteiger partial charge in [0.2, 0.25) is 15.9 Å². The van der Waals surface area contributed by atoms with E-state index in [1.54, 1.807) is 24.3 Å². The van der Waals surface area contributed by atoms with Crippen molar-refractivity contribution in [3.63, 3.8) is 0 Å². The van der Waals surface area contributed by atoms with Gasteiger partial charge in [0.05, 0.1) is 10.9 Å². The molecular weight excluding hydrogens is 398 g/mol. The van der Waals surface area contributed by atoms with Crippen LogP contribution in [0.1, 0.15) is 30.9 Å². The highest BCUT2D eigenvalue weighted by Gasteiger charge is 2.34. The third kappa shape index (κ3) is 4.29. The summed E-state index contributed by atoms with van der Waals surface area (Å²) >= 11 is 0. The maximum absolute atomic E-state index is 13.1. The summed E-state index contributed by atoms with van der Waals surface area (Å²) in [6.07, 6.45) is 1.98. The second kappa shape index (κ2) is 8.88. The summed E-state index contributed by atoms with van der Waals surface area (Å²) in [4.78, 5) is 15.6. The SMILES string of the molecule is CCN1Cc2ccccc2CC1C(=O)NC1CCN(S(=O)(=O)c2ccccc2)CC1. The fraction of sp³-hybridized carbons (Fsp3) is 0.435. The lowest BCUT2D eigenvalue weighted by Gasteiger charge is -2.37. The van der Waals surface area contributed by atoms with Crippen LogP contribution in [0.15, 0.2) is 59.5 Å². The van der Waals surface area contributed by atoms with E-state index in [1.807, 2.05) is 18.2 Å². The minimum absolute atomic E-state index is 0.00981. The van der Waals surface area contributed by atoms with Gasteiger partial charge in [0.15, 0.2) is 0 Å². The quantitative estimate of drug-likeness (QED) is 0.796. The standard InChI is InChI=1S/C23H29N3O3S/c1-2-25-17-19-9-7-6-8-18(19)16-22(25)23(27)24-20-12-14-26(15-13-20)30(28,29)21-10-4-3-5-11-21/h3-11,20,22H,2,12-17H2,1H3,(H,24,27). The van der Waals surface area contributed by atoms with Crippen molar-refractivity contribution >= 4 is 15.9 Å². The van der Waals surface area contributed by atoms with Gasteiger partial charge in [-0.15, -0.1) is 0 Å². The molecule has 30 heavy (non-hydrogen) atoms. The molecule has 1 amide bonds. The molecule has 0 aromatic heterocycles. The fourth-order valence-corrected chi connectivity index (χ4v) is 5.94. The summed E-state index contributed by atoms with van der Waals surface area (Å²) < 4.78 is 27.1. The van der Waals surface area contributed by atoms with Crippen LogP contribution in [0.25, 0.3) is 0 Å². The molecule has 160 valence electrons. The minimum Gasteiger partial charge on any atom is -0.352 e. The second-order valence-electron chi connectivity index (χ2n) is 8.05. The van der Waals surface area contributed by atoms with Crippen molar-refractivity contribution in [1.82, 2.24) is 14.5 Å². The first-order chi connectivity index (χ1) is 14.5. The molecule has 0 spiro atoms. The molecule has 2 aromatic rings. The van der Waals surface area contributed by atoms with Gasteiger partial charge in [0, 0.05) is 25.7 Å². The van der Waals surface area contributed by atoms with Crippen molar-refractivity contribution < 1.29 is 13.2 Å². The van der Waals surface area contributed by atoms with E-state index in [9.17, 15) is 13.2 Å². The van der Waals surface area contributed by atoms with Crippen LogP contribution in [-0.4, -0.2) is 55.2 Å². The molecule has 2 aromatic carbocycles. The summed E-state index contributed by atoms with van der Waals surface area (Å²) in [5, 5.41) is 3.19. The average Bonchev–Trinajstić information content (AvgIpc) is 2.79. The third-order valence-electron chi connectivity index (χ3n) is 6.24. The van der Waals surface area contributed by atoms with Crippen LogP contribution in [0, 0.1) is 0 Å². The van der Waals surface area contributed by atoms with Gasteiger partial charge in [0.1, 0.15) is 0 Å². The van der Waals surface area contributed by atoms with Gasteiger partial charge in [-0.1, -0.05) is 49.4 Å². The van der Waals surface area contributed by atoms with E-state index in [0.717, 1.165) is 19.5 Å². The van der Waals surface area contributed by atoms with Crippen molar-refractivity contribution in [3.05, 3.63) is 65.7 Å². The predicted octanol–water partition coefficient (Wildman–Crippen LogP) is 2.40. The van der Waals surface area contributed by atoms with Crippen LogP contribution in [-0.2, 0) is 27.8 Å². The number of carbonyl (C=O) groups excluding carboxylic acids is 1. The van der Waals surface area contributed by atoms with Crippen LogP contribution in [0.3, 0.4) is 0 Å². The van der Waals surface area contributed by atoms with E-state index in [2.05, 4.69) is 29.3 Å². The summed E-state index contributed by atoms with van der Waals surface area (Å²) in [6, 6.07) is 16.7. The molecule has 0 aliphatic carbocycles. The Morgan fingerprint density at radius 1 is 1.00 bits per heavy atom. The number of carbonyl (C=O) groups is 1. The summed E-state index contributed by atoms with van der Waals surface area (Å²) in [5.74, 6) is 0.0516. The molecular formula is C23H29N3O3S. The Bertz CT molecular complexity index is 986. The highest BCUT2D eigenvalue weighted by molar-refractivity contribution is 7.89. The fourth-order valence-electron chi connectivity index (χ4n) is 4.45. The molecule has 1 saturated heterocycles. The lowest BCUT2D eigenvalue weighted by Crippen LogP contribution is -2.54. The van der Waals surface area contributed by atoms with Crippen molar-refractivity contribution in [3.8, 4) is 0 Å². The van der Waals surface area contributed by atoms with Gasteiger partial charge in [0.25, 0.3) is 0 Å². The Morgan fingerprint density at radius 2 is 1.63 bits per heavy atom. The number of nitrogens with one attached hydrogen (secondary N) is 1. The normalized spacial score (nSPS) is 21.2. The molecule has 7 heteroatoms. The molecule has 1 fully saturated rings. The lowest BCUT2D eigenvalue weighted by atomic mass is 9.93. The highest BCUT2D eigenvalue weighted by Crippen LogP contribution is 2.24. The van der Waals surface area contributed by atoms with E-state index in [0.29, 0.717) is 30.8 Å². The molecule has 1 unspecified atom stereocenters. The Labute approximate surface area is 178 Å². The average molecular weight is 428 g/mol. The molecule has 4 rings (SSSR count). The number of nitrogens with zero attached hydrogens (tertiary/aromatic N) is 2. The number of likely N-dealkylation sites (N-methyl/N-ethyl adjacent to an activating group) is 1.